The first-order valence-corrected chi connectivity index (χ1v) is 41.8. The lowest BCUT2D eigenvalue weighted by Crippen LogP contribution is -2.30. The molecule has 5 unspecified atom stereocenters. The molecule has 0 fully saturated rings. The van der Waals surface area contributed by atoms with E-state index in [0.29, 0.717) is 25.7 Å². The van der Waals surface area contributed by atoms with E-state index in [1.807, 2.05) is 0 Å². The molecule has 17 nitrogen and oxygen atoms in total. The van der Waals surface area contributed by atoms with Crippen molar-refractivity contribution >= 4 is 39.5 Å². The van der Waals surface area contributed by atoms with Gasteiger partial charge in [0.05, 0.1) is 26.4 Å². The van der Waals surface area contributed by atoms with E-state index >= 15 is 0 Å². The molecule has 0 aliphatic rings. The SMILES string of the molecule is CC/C=C\C/C=C\C/C=C\C/C=C\C/C=C\CCCCCC(=O)OCC(COP(=O)(O)OCC(O)COP(=O)(O)OCC(COC(=O)CCCC/C=C\C/C=C\C/C=C\C/C=C\CC)OC(=O)CCCCCCCCCCCCC)OC(=O)CCCCCCC/C=C\CCCCCCCC. The highest BCUT2D eigenvalue weighted by molar-refractivity contribution is 7.47. The summed E-state index contributed by atoms with van der Waals surface area (Å²) in [5.74, 6) is -2.26. The molecule has 0 aromatic carbocycles. The molecule has 0 heterocycles. The zero-order valence-corrected chi connectivity index (χ0v) is 64.4. The number of hydrogen-bond donors (Lipinski definition) is 3. The summed E-state index contributed by atoms with van der Waals surface area (Å²) in [4.78, 5) is 72.8. The number of phosphoric ester groups is 2. The van der Waals surface area contributed by atoms with Crippen LogP contribution in [0.2, 0.25) is 0 Å². The third-order valence-electron chi connectivity index (χ3n) is 15.9. The molecule has 574 valence electrons. The summed E-state index contributed by atoms with van der Waals surface area (Å²) in [7, 11) is -9.97. The molecule has 3 N–H and O–H groups in total. The Balaban J connectivity index is 5.39. The molecule has 0 aromatic heterocycles. The number of unbranched alkanes of at least 4 members (excludes halogenated alkanes) is 26. The topological polar surface area (TPSA) is 237 Å². The highest BCUT2D eigenvalue weighted by atomic mass is 31.2. The van der Waals surface area contributed by atoms with Gasteiger partial charge < -0.3 is 33.8 Å². The molecule has 0 saturated heterocycles. The van der Waals surface area contributed by atoms with Crippen LogP contribution < -0.4 is 0 Å². The van der Waals surface area contributed by atoms with Crippen molar-refractivity contribution in [2.45, 2.75) is 329 Å². The fraction of sp³-hybridized carbons (Fsp3) is 0.704. The summed E-state index contributed by atoms with van der Waals surface area (Å²) < 4.78 is 68.4. The molecule has 0 spiro atoms. The molecule has 0 radical (unpaired) electrons. The minimum Gasteiger partial charge on any atom is -0.462 e. The number of rotatable bonds is 72. The minimum atomic E-state index is -4.99. The molecule has 0 rings (SSSR count). The third-order valence-corrected chi connectivity index (χ3v) is 17.8. The second kappa shape index (κ2) is 72.8. The van der Waals surface area contributed by atoms with E-state index < -0.39 is 97.5 Å². The Bertz CT molecular complexity index is 2370. The second-order valence-electron chi connectivity index (χ2n) is 25.5. The van der Waals surface area contributed by atoms with Crippen molar-refractivity contribution in [1.29, 1.82) is 0 Å². The Hall–Kier alpha value is -4.54. The number of carbonyl (C=O) groups is 4. The lowest BCUT2D eigenvalue weighted by molar-refractivity contribution is -0.161. The Kier molecular flexibility index (Phi) is 69.5. The first-order chi connectivity index (χ1) is 48.7. The average Bonchev–Trinajstić information content (AvgIpc) is 0.985. The van der Waals surface area contributed by atoms with Gasteiger partial charge in [-0.3, -0.25) is 37.3 Å². The molecule has 0 bridgehead atoms. The predicted octanol–water partition coefficient (Wildman–Crippen LogP) is 22.3. The molecule has 0 amide bonds. The van der Waals surface area contributed by atoms with E-state index in [1.54, 1.807) is 0 Å². The van der Waals surface area contributed by atoms with Crippen molar-refractivity contribution in [2.24, 2.45) is 0 Å². The third kappa shape index (κ3) is 71.8. The number of hydrogen-bond acceptors (Lipinski definition) is 15. The number of esters is 4. The van der Waals surface area contributed by atoms with Gasteiger partial charge in [-0.1, -0.05) is 271 Å². The van der Waals surface area contributed by atoms with Gasteiger partial charge in [0.25, 0.3) is 0 Å². The van der Waals surface area contributed by atoms with Crippen molar-refractivity contribution < 1.29 is 80.2 Å². The van der Waals surface area contributed by atoms with E-state index in [9.17, 15) is 43.2 Å². The summed E-state index contributed by atoms with van der Waals surface area (Å²) in [5, 5.41) is 10.6. The van der Waals surface area contributed by atoms with Crippen LogP contribution in [-0.4, -0.2) is 96.7 Å². The summed E-state index contributed by atoms with van der Waals surface area (Å²) >= 11 is 0. The Morgan fingerprint density at radius 3 is 0.840 bits per heavy atom. The Labute approximate surface area is 606 Å². The number of aliphatic hydroxyl groups is 1. The van der Waals surface area contributed by atoms with Gasteiger partial charge in [-0.2, -0.15) is 0 Å². The van der Waals surface area contributed by atoms with Crippen LogP contribution in [0.1, 0.15) is 310 Å². The van der Waals surface area contributed by atoms with E-state index in [1.165, 1.54) is 77.0 Å². The zero-order chi connectivity index (χ0) is 73.2. The molecular weight excluding hydrogens is 1310 g/mol. The van der Waals surface area contributed by atoms with Crippen LogP contribution in [-0.2, 0) is 65.4 Å². The van der Waals surface area contributed by atoms with Gasteiger partial charge in [-0.15, -0.1) is 0 Å². The number of ether oxygens (including phenoxy) is 4. The monoisotopic (exact) mass is 1440 g/mol. The van der Waals surface area contributed by atoms with E-state index in [2.05, 4.69) is 149 Å². The zero-order valence-electron chi connectivity index (χ0n) is 62.6. The van der Waals surface area contributed by atoms with E-state index in [4.69, 9.17) is 37.0 Å². The van der Waals surface area contributed by atoms with Gasteiger partial charge in [-0.05, 0) is 135 Å². The molecule has 19 heteroatoms. The van der Waals surface area contributed by atoms with Gasteiger partial charge in [-0.25, -0.2) is 9.13 Å². The van der Waals surface area contributed by atoms with Crippen molar-refractivity contribution in [1.82, 2.24) is 0 Å². The molecule has 0 aliphatic heterocycles. The van der Waals surface area contributed by atoms with Crippen LogP contribution in [0.15, 0.2) is 122 Å². The van der Waals surface area contributed by atoms with Crippen molar-refractivity contribution in [3.63, 3.8) is 0 Å². The first-order valence-electron chi connectivity index (χ1n) is 38.8. The minimum absolute atomic E-state index is 0.0751. The summed E-state index contributed by atoms with van der Waals surface area (Å²) in [6.07, 6.45) is 79.1. The van der Waals surface area contributed by atoms with Crippen LogP contribution in [0, 0.1) is 0 Å². The molecule has 5 atom stereocenters. The van der Waals surface area contributed by atoms with Crippen molar-refractivity contribution in [3.05, 3.63) is 122 Å². The quantitative estimate of drug-likeness (QED) is 0.0169. The highest BCUT2D eigenvalue weighted by Gasteiger charge is 2.30. The van der Waals surface area contributed by atoms with Gasteiger partial charge >= 0.3 is 39.5 Å². The number of phosphoric acid groups is 2. The van der Waals surface area contributed by atoms with Crippen molar-refractivity contribution in [2.75, 3.05) is 39.6 Å². The largest absolute Gasteiger partial charge is 0.472 e. The summed E-state index contributed by atoms with van der Waals surface area (Å²) in [6, 6.07) is 0. The fourth-order valence-corrected chi connectivity index (χ4v) is 11.6. The smallest absolute Gasteiger partial charge is 0.462 e. The highest BCUT2D eigenvalue weighted by Crippen LogP contribution is 2.45. The van der Waals surface area contributed by atoms with Crippen LogP contribution in [0.5, 0.6) is 0 Å². The van der Waals surface area contributed by atoms with Crippen LogP contribution in [0.25, 0.3) is 0 Å². The standard InChI is InChI=1S/C81H138O17P2/c1-5-9-13-17-21-25-29-32-35-36-37-38-41-43-47-50-54-58-62-66-79(84)92-72-77(98-81(86)68-64-60-56-52-48-44-40-34-31-27-23-19-15-11-7-3)74-96-100(89,90)94-70-75(82)69-93-99(87,88)95-73-76(97-80(85)67-63-59-55-51-45-28-24-20-16-12-8-4)71-91-78(83)65-61-57-53-49-46-42-39-33-30-26-22-18-14-10-6-2/h9-10,13-14,21-22,25-26,32-35,37-40,43,46-47,49,75-77,82H,5-8,11-12,15-20,23-24,27-31,36,41-42,44-45,48,50-74H2,1-4H3,(H,87,88)(H,89,90)/b13-9-,14-10-,25-21-,26-22-,35-32-,38-37-,39-33-,40-34-,47-43-,49-46-. The van der Waals surface area contributed by atoms with Gasteiger partial charge in [0.1, 0.15) is 19.3 Å². The molecule has 0 aromatic rings. The normalized spacial score (nSPS) is 14.6. The summed E-state index contributed by atoms with van der Waals surface area (Å²) in [6.45, 7) is 4.55. The Morgan fingerprint density at radius 2 is 0.520 bits per heavy atom. The molecule has 100 heavy (non-hydrogen) atoms. The van der Waals surface area contributed by atoms with Gasteiger partial charge in [0.15, 0.2) is 12.2 Å². The maximum absolute atomic E-state index is 13.1. The lowest BCUT2D eigenvalue weighted by Gasteiger charge is -2.21. The number of carbonyl (C=O) groups excluding carboxylic acids is 4. The number of aliphatic hydroxyl groups excluding tert-OH is 1. The van der Waals surface area contributed by atoms with Gasteiger partial charge in [0, 0.05) is 25.7 Å². The lowest BCUT2D eigenvalue weighted by atomic mass is 10.1. The van der Waals surface area contributed by atoms with Crippen LogP contribution in [0.3, 0.4) is 0 Å². The predicted molar refractivity (Wildman–Crippen MR) is 408 cm³/mol. The molecule has 0 saturated carbocycles. The summed E-state index contributed by atoms with van der Waals surface area (Å²) in [5.41, 5.74) is 0. The maximum Gasteiger partial charge on any atom is 0.472 e. The second-order valence-corrected chi connectivity index (χ2v) is 28.4. The van der Waals surface area contributed by atoms with E-state index in [-0.39, 0.29) is 25.7 Å². The van der Waals surface area contributed by atoms with Gasteiger partial charge in [0.2, 0.25) is 0 Å². The number of allylic oxidation sites excluding steroid dienone is 20. The van der Waals surface area contributed by atoms with Crippen LogP contribution >= 0.6 is 15.6 Å². The van der Waals surface area contributed by atoms with E-state index in [0.717, 1.165) is 154 Å². The van der Waals surface area contributed by atoms with Crippen molar-refractivity contribution in [3.8, 4) is 0 Å². The maximum atomic E-state index is 13.1. The fourth-order valence-electron chi connectivity index (χ4n) is 10.1. The van der Waals surface area contributed by atoms with Crippen LogP contribution in [0.4, 0.5) is 0 Å². The Morgan fingerprint density at radius 1 is 0.290 bits per heavy atom. The molecule has 0 aliphatic carbocycles. The average molecular weight is 1450 g/mol. The first kappa shape index (κ1) is 95.5. The molecular formula is C81H138O17P2.